The minimum Gasteiger partial charge on any atom is -0.493 e. The number of hydrogen-bond acceptors (Lipinski definition) is 4. The van der Waals surface area contributed by atoms with Gasteiger partial charge in [0.15, 0.2) is 11.5 Å². The maximum absolute atomic E-state index is 11.6. The molecule has 0 saturated carbocycles. The molecule has 0 saturated heterocycles. The first-order valence-electron chi connectivity index (χ1n) is 8.11. The molecule has 0 N–H and O–H groups in total. The van der Waals surface area contributed by atoms with Crippen molar-refractivity contribution in [1.29, 1.82) is 0 Å². The maximum Gasteiger partial charge on any atom is 0.306 e. The van der Waals surface area contributed by atoms with Crippen LogP contribution in [-0.4, -0.2) is 26.8 Å². The standard InChI is InChI=1S/C19H28O4/c1-15(2)8-5-6-10-19(20)23-13-7-9-16-11-12-17(21-3)18(14-16)22-4/h7,9,11-12,14-15H,5-6,8,10,13H2,1-4H3. The van der Waals surface area contributed by atoms with Crippen molar-refractivity contribution in [3.63, 3.8) is 0 Å². The van der Waals surface area contributed by atoms with Crippen LogP contribution < -0.4 is 9.47 Å². The molecule has 0 aromatic heterocycles. The fourth-order valence-corrected chi connectivity index (χ4v) is 2.18. The molecule has 0 bridgehead atoms. The first-order valence-corrected chi connectivity index (χ1v) is 8.11. The lowest BCUT2D eigenvalue weighted by Crippen LogP contribution is -2.04. The molecule has 1 rings (SSSR count). The molecule has 0 heterocycles. The summed E-state index contributed by atoms with van der Waals surface area (Å²) in [6.45, 7) is 4.67. The van der Waals surface area contributed by atoms with Gasteiger partial charge in [-0.3, -0.25) is 4.79 Å². The Bertz CT molecular complexity index is 506. The minimum absolute atomic E-state index is 0.134. The summed E-state index contributed by atoms with van der Waals surface area (Å²) in [5, 5.41) is 0. The Hall–Kier alpha value is -1.97. The third kappa shape index (κ3) is 7.73. The SMILES string of the molecule is COc1ccc(C=CCOC(=O)CCCCC(C)C)cc1OC. The number of unbranched alkanes of at least 4 members (excludes halogenated alkanes) is 1. The number of esters is 1. The summed E-state index contributed by atoms with van der Waals surface area (Å²) in [6.07, 6.45) is 7.36. The van der Waals surface area contributed by atoms with Gasteiger partial charge in [0.2, 0.25) is 0 Å². The average Bonchev–Trinajstić information content (AvgIpc) is 2.55. The number of benzene rings is 1. The van der Waals surface area contributed by atoms with Crippen LogP contribution in [0.5, 0.6) is 11.5 Å². The lowest BCUT2D eigenvalue weighted by molar-refractivity contribution is -0.142. The second-order valence-corrected chi connectivity index (χ2v) is 5.84. The van der Waals surface area contributed by atoms with Crippen LogP contribution in [0.25, 0.3) is 6.08 Å². The first kappa shape index (κ1) is 19.1. The first-order chi connectivity index (χ1) is 11.1. The third-order valence-electron chi connectivity index (χ3n) is 3.47. The van der Waals surface area contributed by atoms with Crippen molar-refractivity contribution in [1.82, 2.24) is 0 Å². The van der Waals surface area contributed by atoms with Gasteiger partial charge in [0.25, 0.3) is 0 Å². The molecule has 0 aliphatic carbocycles. The highest BCUT2D eigenvalue weighted by Gasteiger charge is 2.04. The maximum atomic E-state index is 11.6. The van der Waals surface area contributed by atoms with Crippen molar-refractivity contribution in [2.45, 2.75) is 39.5 Å². The van der Waals surface area contributed by atoms with Crippen LogP contribution >= 0.6 is 0 Å². The quantitative estimate of drug-likeness (QED) is 0.471. The Labute approximate surface area is 139 Å². The van der Waals surface area contributed by atoms with E-state index in [1.807, 2.05) is 30.4 Å². The lowest BCUT2D eigenvalue weighted by atomic mass is 10.1. The number of ether oxygens (including phenoxy) is 3. The largest absolute Gasteiger partial charge is 0.493 e. The molecule has 1 aromatic rings. The summed E-state index contributed by atoms with van der Waals surface area (Å²) in [6, 6.07) is 5.65. The second kappa shape index (κ2) is 10.7. The third-order valence-corrected chi connectivity index (χ3v) is 3.47. The number of rotatable bonds is 10. The lowest BCUT2D eigenvalue weighted by Gasteiger charge is -2.07. The molecule has 0 fully saturated rings. The van der Waals surface area contributed by atoms with E-state index in [0.29, 0.717) is 23.8 Å². The van der Waals surface area contributed by atoms with Crippen LogP contribution in [0.4, 0.5) is 0 Å². The molecule has 0 spiro atoms. The van der Waals surface area contributed by atoms with E-state index in [9.17, 15) is 4.79 Å². The van der Waals surface area contributed by atoms with E-state index < -0.39 is 0 Å². The van der Waals surface area contributed by atoms with E-state index >= 15 is 0 Å². The predicted molar refractivity (Wildman–Crippen MR) is 92.8 cm³/mol. The molecule has 0 aliphatic heterocycles. The number of carbonyl (C=O) groups is 1. The Kier molecular flexibility index (Phi) is 8.88. The van der Waals surface area contributed by atoms with E-state index in [0.717, 1.165) is 24.8 Å². The van der Waals surface area contributed by atoms with Crippen LogP contribution in [0.1, 0.15) is 45.1 Å². The molecule has 1 aromatic carbocycles. The topological polar surface area (TPSA) is 44.8 Å². The van der Waals surface area contributed by atoms with E-state index in [1.54, 1.807) is 14.2 Å². The molecule has 0 atom stereocenters. The van der Waals surface area contributed by atoms with Gasteiger partial charge in [-0.15, -0.1) is 0 Å². The molecule has 0 aliphatic rings. The van der Waals surface area contributed by atoms with Gasteiger partial charge in [-0.2, -0.15) is 0 Å². The minimum atomic E-state index is -0.134. The van der Waals surface area contributed by atoms with Crippen molar-refractivity contribution in [2.75, 3.05) is 20.8 Å². The summed E-state index contributed by atoms with van der Waals surface area (Å²) in [4.78, 5) is 11.6. The summed E-state index contributed by atoms with van der Waals surface area (Å²) in [5.74, 6) is 1.93. The van der Waals surface area contributed by atoms with Gasteiger partial charge in [-0.05, 0) is 36.1 Å². The van der Waals surface area contributed by atoms with Crippen LogP contribution in [0.2, 0.25) is 0 Å². The number of hydrogen-bond donors (Lipinski definition) is 0. The Morgan fingerprint density at radius 3 is 2.52 bits per heavy atom. The zero-order valence-electron chi connectivity index (χ0n) is 14.6. The van der Waals surface area contributed by atoms with E-state index in [4.69, 9.17) is 14.2 Å². The highest BCUT2D eigenvalue weighted by molar-refractivity contribution is 5.69. The molecule has 0 amide bonds. The van der Waals surface area contributed by atoms with Gasteiger partial charge in [-0.1, -0.05) is 38.8 Å². The summed E-state index contributed by atoms with van der Waals surface area (Å²) < 4.78 is 15.6. The van der Waals surface area contributed by atoms with E-state index in [2.05, 4.69) is 13.8 Å². The molecule has 23 heavy (non-hydrogen) atoms. The van der Waals surface area contributed by atoms with Gasteiger partial charge in [0.05, 0.1) is 14.2 Å². The number of methoxy groups -OCH3 is 2. The summed E-state index contributed by atoms with van der Waals surface area (Å²) in [5.41, 5.74) is 0.968. The molecular weight excluding hydrogens is 292 g/mol. The highest BCUT2D eigenvalue weighted by Crippen LogP contribution is 2.27. The normalized spacial score (nSPS) is 11.0. The van der Waals surface area contributed by atoms with Gasteiger partial charge < -0.3 is 14.2 Å². The van der Waals surface area contributed by atoms with Gasteiger partial charge in [0, 0.05) is 6.42 Å². The smallest absolute Gasteiger partial charge is 0.306 e. The number of carbonyl (C=O) groups excluding carboxylic acids is 1. The molecule has 4 nitrogen and oxygen atoms in total. The van der Waals surface area contributed by atoms with Gasteiger partial charge in [-0.25, -0.2) is 0 Å². The van der Waals surface area contributed by atoms with Gasteiger partial charge in [0.1, 0.15) is 6.61 Å². The molecule has 0 unspecified atom stereocenters. The Balaban J connectivity index is 2.32. The zero-order valence-corrected chi connectivity index (χ0v) is 14.6. The van der Waals surface area contributed by atoms with Crippen molar-refractivity contribution < 1.29 is 19.0 Å². The zero-order chi connectivity index (χ0) is 17.1. The average molecular weight is 320 g/mol. The molecule has 128 valence electrons. The second-order valence-electron chi connectivity index (χ2n) is 5.84. The molecule has 0 radical (unpaired) electrons. The monoisotopic (exact) mass is 320 g/mol. The predicted octanol–water partition coefficient (Wildman–Crippen LogP) is 4.48. The van der Waals surface area contributed by atoms with Crippen molar-refractivity contribution in [3.8, 4) is 11.5 Å². The Morgan fingerprint density at radius 2 is 1.87 bits per heavy atom. The molecular formula is C19H28O4. The Morgan fingerprint density at radius 1 is 1.13 bits per heavy atom. The van der Waals surface area contributed by atoms with Crippen LogP contribution in [0.3, 0.4) is 0 Å². The molecule has 4 heteroatoms. The fourth-order valence-electron chi connectivity index (χ4n) is 2.18. The summed E-state index contributed by atoms with van der Waals surface area (Å²) in [7, 11) is 3.21. The van der Waals surface area contributed by atoms with E-state index in [1.165, 1.54) is 0 Å². The van der Waals surface area contributed by atoms with Gasteiger partial charge >= 0.3 is 5.97 Å². The van der Waals surface area contributed by atoms with Crippen LogP contribution in [0, 0.1) is 5.92 Å². The highest BCUT2D eigenvalue weighted by atomic mass is 16.5. The van der Waals surface area contributed by atoms with E-state index in [-0.39, 0.29) is 12.6 Å². The van der Waals surface area contributed by atoms with Crippen molar-refractivity contribution in [3.05, 3.63) is 29.8 Å². The fraction of sp³-hybridized carbons (Fsp3) is 0.526. The van der Waals surface area contributed by atoms with Crippen LogP contribution in [0.15, 0.2) is 24.3 Å². The van der Waals surface area contributed by atoms with Crippen molar-refractivity contribution >= 4 is 12.0 Å². The summed E-state index contributed by atoms with van der Waals surface area (Å²) >= 11 is 0. The van der Waals surface area contributed by atoms with Crippen molar-refractivity contribution in [2.24, 2.45) is 5.92 Å². The van der Waals surface area contributed by atoms with Crippen LogP contribution in [-0.2, 0) is 9.53 Å².